The summed E-state index contributed by atoms with van der Waals surface area (Å²) in [5, 5.41) is 2.58. The van der Waals surface area contributed by atoms with Crippen molar-refractivity contribution in [3.63, 3.8) is 0 Å². The van der Waals surface area contributed by atoms with E-state index in [1.54, 1.807) is 24.3 Å². The standard InChI is InChI=1S/C17H14ClF3N2O2/c1-10(24)23(12-4-2-3-11(18)9-12)8-7-15(25)22-14-6-5-13(19)16(20)17(14)21/h2-6,9H,7-8H2,1H3,(H,22,25). The fraction of sp³-hybridized carbons (Fsp3) is 0.176. The fourth-order valence-corrected chi connectivity index (χ4v) is 2.35. The van der Waals surface area contributed by atoms with Gasteiger partial charge in [0.2, 0.25) is 11.8 Å². The first-order valence-corrected chi connectivity index (χ1v) is 7.64. The number of carbonyl (C=O) groups is 2. The van der Waals surface area contributed by atoms with Gasteiger partial charge in [-0.1, -0.05) is 17.7 Å². The highest BCUT2D eigenvalue weighted by Gasteiger charge is 2.17. The number of carbonyl (C=O) groups excluding carboxylic acids is 2. The number of amides is 2. The zero-order chi connectivity index (χ0) is 18.6. The van der Waals surface area contributed by atoms with Crippen LogP contribution in [0.25, 0.3) is 0 Å². The molecule has 0 aliphatic rings. The average molecular weight is 371 g/mol. The van der Waals surface area contributed by atoms with Gasteiger partial charge in [0.25, 0.3) is 0 Å². The van der Waals surface area contributed by atoms with E-state index < -0.39 is 29.0 Å². The van der Waals surface area contributed by atoms with E-state index in [0.717, 1.165) is 6.07 Å². The van der Waals surface area contributed by atoms with Crippen molar-refractivity contribution < 1.29 is 22.8 Å². The molecule has 0 saturated carbocycles. The average Bonchev–Trinajstić information content (AvgIpc) is 2.55. The SMILES string of the molecule is CC(=O)N(CCC(=O)Nc1ccc(F)c(F)c1F)c1cccc(Cl)c1. The van der Waals surface area contributed by atoms with E-state index in [-0.39, 0.29) is 18.9 Å². The minimum Gasteiger partial charge on any atom is -0.323 e. The molecule has 2 rings (SSSR count). The highest BCUT2D eigenvalue weighted by atomic mass is 35.5. The molecular weight excluding hydrogens is 357 g/mol. The molecule has 0 saturated heterocycles. The van der Waals surface area contributed by atoms with Crippen molar-refractivity contribution in [3.8, 4) is 0 Å². The van der Waals surface area contributed by atoms with Crippen LogP contribution in [0.15, 0.2) is 36.4 Å². The number of hydrogen-bond acceptors (Lipinski definition) is 2. The molecule has 0 spiro atoms. The molecule has 0 atom stereocenters. The molecule has 0 aromatic heterocycles. The zero-order valence-electron chi connectivity index (χ0n) is 13.2. The van der Waals surface area contributed by atoms with Crippen molar-refractivity contribution in [1.29, 1.82) is 0 Å². The molecular formula is C17H14ClF3N2O2. The van der Waals surface area contributed by atoms with Crippen LogP contribution in [0.1, 0.15) is 13.3 Å². The summed E-state index contributed by atoms with van der Waals surface area (Å²) in [7, 11) is 0. The molecule has 2 aromatic carbocycles. The van der Waals surface area contributed by atoms with E-state index >= 15 is 0 Å². The predicted octanol–water partition coefficient (Wildman–Crippen LogP) is 4.14. The molecule has 0 heterocycles. The van der Waals surface area contributed by atoms with Gasteiger partial charge in [0.15, 0.2) is 17.5 Å². The summed E-state index contributed by atoms with van der Waals surface area (Å²) in [6.45, 7) is 1.33. The van der Waals surface area contributed by atoms with Crippen LogP contribution in [0.3, 0.4) is 0 Å². The van der Waals surface area contributed by atoms with Crippen LogP contribution < -0.4 is 10.2 Å². The van der Waals surface area contributed by atoms with Crippen molar-refractivity contribution in [3.05, 3.63) is 58.9 Å². The lowest BCUT2D eigenvalue weighted by molar-refractivity contribution is -0.117. The molecule has 0 bridgehead atoms. The molecule has 0 aliphatic carbocycles. The Bertz CT molecular complexity index is 814. The minimum atomic E-state index is -1.66. The lowest BCUT2D eigenvalue weighted by Gasteiger charge is -2.21. The molecule has 0 aliphatic heterocycles. The van der Waals surface area contributed by atoms with Gasteiger partial charge in [-0.3, -0.25) is 9.59 Å². The molecule has 132 valence electrons. The summed E-state index contributed by atoms with van der Waals surface area (Å²) in [6.07, 6.45) is -0.176. The van der Waals surface area contributed by atoms with Gasteiger partial charge in [0.1, 0.15) is 0 Å². The Morgan fingerprint density at radius 1 is 1.12 bits per heavy atom. The van der Waals surface area contributed by atoms with Crippen LogP contribution in [0.5, 0.6) is 0 Å². The quantitative estimate of drug-likeness (QED) is 0.804. The molecule has 0 unspecified atom stereocenters. The molecule has 25 heavy (non-hydrogen) atoms. The number of nitrogens with zero attached hydrogens (tertiary/aromatic N) is 1. The highest BCUT2D eigenvalue weighted by Crippen LogP contribution is 2.21. The van der Waals surface area contributed by atoms with E-state index in [0.29, 0.717) is 16.8 Å². The van der Waals surface area contributed by atoms with Crippen LogP contribution in [0.4, 0.5) is 24.5 Å². The number of rotatable bonds is 5. The van der Waals surface area contributed by atoms with Gasteiger partial charge in [-0.15, -0.1) is 0 Å². The van der Waals surface area contributed by atoms with Gasteiger partial charge < -0.3 is 10.2 Å². The molecule has 2 amide bonds. The Kier molecular flexibility index (Phi) is 6.03. The van der Waals surface area contributed by atoms with Crippen LogP contribution >= 0.6 is 11.6 Å². The third-order valence-corrected chi connectivity index (χ3v) is 3.61. The number of benzene rings is 2. The van der Waals surface area contributed by atoms with Gasteiger partial charge in [0.05, 0.1) is 5.69 Å². The van der Waals surface area contributed by atoms with Gasteiger partial charge in [0, 0.05) is 30.6 Å². The number of halogens is 4. The fourth-order valence-electron chi connectivity index (χ4n) is 2.16. The second-order valence-electron chi connectivity index (χ2n) is 5.17. The molecule has 0 radical (unpaired) electrons. The van der Waals surface area contributed by atoms with Crippen LogP contribution in [0, 0.1) is 17.5 Å². The Labute approximate surface area is 147 Å². The molecule has 8 heteroatoms. The molecule has 2 aromatic rings. The Balaban J connectivity index is 2.05. The van der Waals surface area contributed by atoms with E-state index in [4.69, 9.17) is 11.6 Å². The van der Waals surface area contributed by atoms with Crippen molar-refractivity contribution in [2.75, 3.05) is 16.8 Å². The summed E-state index contributed by atoms with van der Waals surface area (Å²) >= 11 is 5.88. The lowest BCUT2D eigenvalue weighted by Crippen LogP contribution is -2.32. The van der Waals surface area contributed by atoms with E-state index in [9.17, 15) is 22.8 Å². The van der Waals surface area contributed by atoms with Crippen molar-refractivity contribution in [2.24, 2.45) is 0 Å². The van der Waals surface area contributed by atoms with Gasteiger partial charge in [-0.05, 0) is 30.3 Å². The maximum absolute atomic E-state index is 13.6. The first-order chi connectivity index (χ1) is 11.8. The molecule has 1 N–H and O–H groups in total. The van der Waals surface area contributed by atoms with Crippen LogP contribution in [-0.2, 0) is 9.59 Å². The van der Waals surface area contributed by atoms with Gasteiger partial charge in [-0.25, -0.2) is 13.2 Å². The number of hydrogen-bond donors (Lipinski definition) is 1. The van der Waals surface area contributed by atoms with Crippen LogP contribution in [0.2, 0.25) is 5.02 Å². The smallest absolute Gasteiger partial charge is 0.226 e. The summed E-state index contributed by atoms with van der Waals surface area (Å²) in [6, 6.07) is 8.15. The summed E-state index contributed by atoms with van der Waals surface area (Å²) in [4.78, 5) is 25.0. The van der Waals surface area contributed by atoms with Crippen molar-refractivity contribution >= 4 is 34.8 Å². The predicted molar refractivity (Wildman–Crippen MR) is 89.0 cm³/mol. The third kappa shape index (κ3) is 4.73. The zero-order valence-corrected chi connectivity index (χ0v) is 13.9. The topological polar surface area (TPSA) is 49.4 Å². The van der Waals surface area contributed by atoms with Gasteiger partial charge >= 0.3 is 0 Å². The Hall–Kier alpha value is -2.54. The maximum atomic E-state index is 13.6. The number of nitrogens with one attached hydrogen (secondary N) is 1. The minimum absolute atomic E-state index is 0.00675. The largest absolute Gasteiger partial charge is 0.323 e. The Morgan fingerprint density at radius 2 is 1.84 bits per heavy atom. The van der Waals surface area contributed by atoms with Gasteiger partial charge in [-0.2, -0.15) is 0 Å². The third-order valence-electron chi connectivity index (χ3n) is 3.37. The first-order valence-electron chi connectivity index (χ1n) is 7.26. The summed E-state index contributed by atoms with van der Waals surface area (Å²) in [5.74, 6) is -5.46. The Morgan fingerprint density at radius 3 is 2.48 bits per heavy atom. The monoisotopic (exact) mass is 370 g/mol. The van der Waals surface area contributed by atoms with Crippen molar-refractivity contribution in [2.45, 2.75) is 13.3 Å². The normalized spacial score (nSPS) is 10.4. The van der Waals surface area contributed by atoms with E-state index in [1.807, 2.05) is 0 Å². The second kappa shape index (κ2) is 8.02. The maximum Gasteiger partial charge on any atom is 0.226 e. The summed E-state index contributed by atoms with van der Waals surface area (Å²) < 4.78 is 39.6. The number of anilines is 2. The van der Waals surface area contributed by atoms with E-state index in [2.05, 4.69) is 5.32 Å². The van der Waals surface area contributed by atoms with Crippen LogP contribution in [-0.4, -0.2) is 18.4 Å². The first kappa shape index (κ1) is 18.8. The lowest BCUT2D eigenvalue weighted by atomic mass is 10.2. The second-order valence-corrected chi connectivity index (χ2v) is 5.61. The highest BCUT2D eigenvalue weighted by molar-refractivity contribution is 6.30. The molecule has 0 fully saturated rings. The van der Waals surface area contributed by atoms with E-state index in [1.165, 1.54) is 11.8 Å². The molecule has 4 nitrogen and oxygen atoms in total. The summed E-state index contributed by atoms with van der Waals surface area (Å²) in [5.41, 5.74) is 0.0350. The van der Waals surface area contributed by atoms with Crippen molar-refractivity contribution in [1.82, 2.24) is 0 Å².